The summed E-state index contributed by atoms with van der Waals surface area (Å²) in [5.41, 5.74) is 0. The Morgan fingerprint density at radius 1 is 0.720 bits per heavy atom. The van der Waals surface area contributed by atoms with E-state index in [9.17, 15) is 8.42 Å². The van der Waals surface area contributed by atoms with Gasteiger partial charge in [-0.2, -0.15) is 8.42 Å². The molecule has 0 saturated carbocycles. The molecule has 5 heteroatoms. The summed E-state index contributed by atoms with van der Waals surface area (Å²) in [5.74, 6) is 0. The van der Waals surface area contributed by atoms with Crippen molar-refractivity contribution in [1.29, 1.82) is 0 Å². The van der Waals surface area contributed by atoms with E-state index in [0.717, 1.165) is 12.8 Å². The molecule has 0 aliphatic heterocycles. The van der Waals surface area contributed by atoms with Gasteiger partial charge < -0.3 is 4.90 Å². The van der Waals surface area contributed by atoms with E-state index in [4.69, 9.17) is 4.55 Å². The molecule has 1 N–H and O–H groups in total. The smallest absolute Gasteiger partial charge is 0.267 e. The van der Waals surface area contributed by atoms with E-state index in [-0.39, 0.29) is 0 Å². The van der Waals surface area contributed by atoms with Gasteiger partial charge in [0.1, 0.15) is 0 Å². The van der Waals surface area contributed by atoms with Crippen LogP contribution in [-0.2, 0) is 10.1 Å². The number of rotatable bonds is 15. The summed E-state index contributed by atoms with van der Waals surface area (Å²) >= 11 is 0. The second-order valence-electron chi connectivity index (χ2n) is 7.56. The average molecular weight is 380 g/mol. The number of nitrogens with zero attached hydrogens (tertiary/aromatic N) is 1. The first-order valence-corrected chi connectivity index (χ1v) is 11.8. The van der Waals surface area contributed by atoms with Gasteiger partial charge in [0, 0.05) is 0 Å². The van der Waals surface area contributed by atoms with Crippen molar-refractivity contribution in [2.24, 2.45) is 0 Å². The molecule has 154 valence electrons. The average Bonchev–Trinajstić information content (AvgIpc) is 2.50. The highest BCUT2D eigenvalue weighted by atomic mass is 32.2. The summed E-state index contributed by atoms with van der Waals surface area (Å²) in [6, 6.07) is 0. The molecule has 0 amide bonds. The highest BCUT2D eigenvalue weighted by Crippen LogP contribution is 2.16. The van der Waals surface area contributed by atoms with Crippen LogP contribution in [0.5, 0.6) is 0 Å². The largest absolute Gasteiger partial charge is 0.312 e. The first-order chi connectivity index (χ1) is 11.8. The van der Waals surface area contributed by atoms with Crippen LogP contribution in [0, 0.1) is 0 Å². The minimum Gasteiger partial charge on any atom is -0.312 e. The lowest BCUT2D eigenvalue weighted by molar-refractivity contribution is 0.452. The molecular formula is C20H45NO3S. The number of hydrogen-bond donors (Lipinski definition) is 1. The lowest BCUT2D eigenvalue weighted by Gasteiger charge is -2.10. The molecule has 4 nitrogen and oxygen atoms in total. The van der Waals surface area contributed by atoms with Gasteiger partial charge in [-0.1, -0.05) is 90.9 Å². The Balaban J connectivity index is 0. The van der Waals surface area contributed by atoms with Gasteiger partial charge in [-0.3, -0.25) is 4.55 Å². The van der Waals surface area contributed by atoms with Gasteiger partial charge in [0.15, 0.2) is 0 Å². The third-order valence-electron chi connectivity index (χ3n) is 4.26. The SMILES string of the molecule is CCCCCCCCCCCCCCC(CC)S(=O)(=O)O.CN(C)C. The third-order valence-corrected chi connectivity index (χ3v) is 5.67. The van der Waals surface area contributed by atoms with Crippen molar-refractivity contribution in [2.75, 3.05) is 21.1 Å². The van der Waals surface area contributed by atoms with Gasteiger partial charge in [0.05, 0.1) is 5.25 Å². The minimum absolute atomic E-state index is 0.511. The van der Waals surface area contributed by atoms with Gasteiger partial charge in [-0.15, -0.1) is 0 Å². The summed E-state index contributed by atoms with van der Waals surface area (Å²) in [5, 5.41) is -0.555. The zero-order valence-corrected chi connectivity index (χ0v) is 18.4. The maximum atomic E-state index is 11.1. The first kappa shape index (κ1) is 27.1. The van der Waals surface area contributed by atoms with Crippen LogP contribution >= 0.6 is 0 Å². The molecular weight excluding hydrogens is 334 g/mol. The van der Waals surface area contributed by atoms with Crippen LogP contribution in [-0.4, -0.2) is 44.3 Å². The molecule has 0 aromatic rings. The fourth-order valence-corrected chi connectivity index (χ4v) is 3.66. The predicted octanol–water partition coefficient (Wildman–Crippen LogP) is 5.92. The molecule has 0 radical (unpaired) electrons. The Morgan fingerprint density at radius 3 is 1.32 bits per heavy atom. The highest BCUT2D eigenvalue weighted by Gasteiger charge is 2.19. The van der Waals surface area contributed by atoms with Gasteiger partial charge in [-0.05, 0) is 34.0 Å². The second-order valence-corrected chi connectivity index (χ2v) is 9.26. The fourth-order valence-electron chi connectivity index (χ4n) is 2.78. The molecule has 0 bridgehead atoms. The summed E-state index contributed by atoms with van der Waals surface area (Å²) < 4.78 is 31.1. The zero-order valence-electron chi connectivity index (χ0n) is 17.6. The Hall–Kier alpha value is -0.130. The van der Waals surface area contributed by atoms with E-state index >= 15 is 0 Å². The number of unbranched alkanes of at least 4 members (excludes halogenated alkanes) is 11. The van der Waals surface area contributed by atoms with E-state index in [1.54, 1.807) is 0 Å². The van der Waals surface area contributed by atoms with Crippen molar-refractivity contribution in [3.8, 4) is 0 Å². The van der Waals surface area contributed by atoms with Crippen molar-refractivity contribution in [2.45, 2.75) is 109 Å². The van der Waals surface area contributed by atoms with Crippen LogP contribution in [0.2, 0.25) is 0 Å². The van der Waals surface area contributed by atoms with Gasteiger partial charge >= 0.3 is 0 Å². The Labute approximate surface area is 158 Å². The molecule has 0 aliphatic carbocycles. The summed E-state index contributed by atoms with van der Waals surface area (Å²) in [4.78, 5) is 2.00. The van der Waals surface area contributed by atoms with Crippen molar-refractivity contribution < 1.29 is 13.0 Å². The standard InChI is InChI=1S/C17H36O3S.C3H9N/c1-3-5-6-7-8-9-10-11-12-13-14-15-16-17(4-2)21(18,19)20;1-4(2)3/h17H,3-16H2,1-2H3,(H,18,19,20);1-3H3. The topological polar surface area (TPSA) is 57.6 Å². The highest BCUT2D eigenvalue weighted by molar-refractivity contribution is 7.86. The lowest BCUT2D eigenvalue weighted by Crippen LogP contribution is -2.19. The molecule has 25 heavy (non-hydrogen) atoms. The summed E-state index contributed by atoms with van der Waals surface area (Å²) in [6.07, 6.45) is 16.4. The minimum atomic E-state index is -3.83. The van der Waals surface area contributed by atoms with Crippen molar-refractivity contribution >= 4 is 10.1 Å². The van der Waals surface area contributed by atoms with Crippen molar-refractivity contribution in [1.82, 2.24) is 4.90 Å². The van der Waals surface area contributed by atoms with Crippen molar-refractivity contribution in [3.63, 3.8) is 0 Å². The zero-order chi connectivity index (χ0) is 19.6. The van der Waals surface area contributed by atoms with Crippen molar-refractivity contribution in [3.05, 3.63) is 0 Å². The van der Waals surface area contributed by atoms with E-state index in [0.29, 0.717) is 12.8 Å². The molecule has 0 spiro atoms. The molecule has 0 fully saturated rings. The van der Waals surface area contributed by atoms with Crippen LogP contribution in [0.3, 0.4) is 0 Å². The van der Waals surface area contributed by atoms with E-state index in [1.165, 1.54) is 64.2 Å². The van der Waals surface area contributed by atoms with E-state index in [2.05, 4.69) is 6.92 Å². The van der Waals surface area contributed by atoms with Crippen LogP contribution in [0.15, 0.2) is 0 Å². The second kappa shape index (κ2) is 18.7. The third kappa shape index (κ3) is 23.9. The van der Waals surface area contributed by atoms with E-state index < -0.39 is 15.4 Å². The van der Waals surface area contributed by atoms with E-state index in [1.807, 2.05) is 33.0 Å². The molecule has 0 aromatic heterocycles. The quantitative estimate of drug-likeness (QED) is 0.283. The molecule has 1 unspecified atom stereocenters. The molecule has 0 aliphatic rings. The summed E-state index contributed by atoms with van der Waals surface area (Å²) in [7, 11) is 2.17. The van der Waals surface area contributed by atoms with Crippen LogP contribution in [0.25, 0.3) is 0 Å². The summed E-state index contributed by atoms with van der Waals surface area (Å²) in [6.45, 7) is 4.07. The van der Waals surface area contributed by atoms with Crippen LogP contribution in [0.4, 0.5) is 0 Å². The molecule has 0 rings (SSSR count). The maximum Gasteiger partial charge on any atom is 0.267 e. The Morgan fingerprint density at radius 2 is 1.04 bits per heavy atom. The van der Waals surface area contributed by atoms with Gasteiger partial charge in [0.2, 0.25) is 0 Å². The van der Waals surface area contributed by atoms with Gasteiger partial charge in [-0.25, -0.2) is 0 Å². The normalized spacial score (nSPS) is 12.8. The first-order valence-electron chi connectivity index (χ1n) is 10.3. The maximum absolute atomic E-state index is 11.1. The number of hydrogen-bond acceptors (Lipinski definition) is 3. The van der Waals surface area contributed by atoms with Crippen LogP contribution < -0.4 is 0 Å². The molecule has 0 saturated heterocycles. The monoisotopic (exact) mass is 379 g/mol. The van der Waals surface area contributed by atoms with Gasteiger partial charge in [0.25, 0.3) is 10.1 Å². The predicted molar refractivity (Wildman–Crippen MR) is 111 cm³/mol. The van der Waals surface area contributed by atoms with Crippen LogP contribution in [0.1, 0.15) is 104 Å². The Bertz CT molecular complexity index is 353. The fraction of sp³-hybridized carbons (Fsp3) is 1.00. The molecule has 0 aromatic carbocycles. The Kier molecular flexibility index (Phi) is 20.2. The lowest BCUT2D eigenvalue weighted by atomic mass is 10.0. The molecule has 1 atom stereocenters. The molecule has 0 heterocycles.